The number of nitrogens with zero attached hydrogens (tertiary/aromatic N) is 3. The maximum Gasteiger partial charge on any atom is 0.410 e. The predicted octanol–water partition coefficient (Wildman–Crippen LogP) is 5.36. The SMILES string of the molecule is Cc1ccc(N2CCN(C(=O)[C@@H]3[C@@H](c4ccc(Cl)cc4)CCN3C(=O)OC(C)C)CC2)c([C@@H](N)C(C)C)c1. The number of nitrogens with two attached hydrogens (primary N) is 1. The highest BCUT2D eigenvalue weighted by Gasteiger charge is 2.45. The first-order chi connectivity index (χ1) is 18.1. The van der Waals surface area contributed by atoms with Gasteiger partial charge in [-0.3, -0.25) is 9.69 Å². The van der Waals surface area contributed by atoms with Crippen molar-refractivity contribution in [1.82, 2.24) is 9.80 Å². The molecule has 2 fully saturated rings. The third kappa shape index (κ3) is 6.10. The normalized spacial score (nSPS) is 20.8. The molecule has 0 unspecified atom stereocenters. The van der Waals surface area contributed by atoms with Crippen molar-refractivity contribution in [3.8, 4) is 0 Å². The van der Waals surface area contributed by atoms with Crippen molar-refractivity contribution in [3.63, 3.8) is 0 Å². The maximum atomic E-state index is 14.0. The van der Waals surface area contributed by atoms with Crippen LogP contribution in [0.1, 0.15) is 62.8 Å². The highest BCUT2D eigenvalue weighted by Crippen LogP contribution is 2.37. The molecule has 206 valence electrons. The molecule has 2 N–H and O–H groups in total. The Balaban J connectivity index is 1.53. The average molecular weight is 541 g/mol. The summed E-state index contributed by atoms with van der Waals surface area (Å²) in [5, 5.41) is 0.648. The number of ether oxygens (including phenoxy) is 1. The highest BCUT2D eigenvalue weighted by atomic mass is 35.5. The zero-order valence-corrected chi connectivity index (χ0v) is 23.9. The third-order valence-corrected chi connectivity index (χ3v) is 7.96. The van der Waals surface area contributed by atoms with Gasteiger partial charge in [0.1, 0.15) is 6.04 Å². The largest absolute Gasteiger partial charge is 0.447 e. The first-order valence-corrected chi connectivity index (χ1v) is 14.1. The van der Waals surface area contributed by atoms with E-state index in [2.05, 4.69) is 43.9 Å². The van der Waals surface area contributed by atoms with Crippen LogP contribution in [0.4, 0.5) is 10.5 Å². The van der Waals surface area contributed by atoms with Crippen LogP contribution in [0.3, 0.4) is 0 Å². The number of carbonyl (C=O) groups is 2. The molecule has 2 aliphatic rings. The van der Waals surface area contributed by atoms with Crippen LogP contribution in [0.25, 0.3) is 0 Å². The van der Waals surface area contributed by atoms with Gasteiger partial charge >= 0.3 is 6.09 Å². The third-order valence-electron chi connectivity index (χ3n) is 7.71. The van der Waals surface area contributed by atoms with Crippen molar-refractivity contribution in [3.05, 3.63) is 64.2 Å². The number of piperazine rings is 1. The van der Waals surface area contributed by atoms with E-state index in [0.717, 1.165) is 16.8 Å². The Labute approximate surface area is 231 Å². The van der Waals surface area contributed by atoms with Gasteiger partial charge in [-0.15, -0.1) is 0 Å². The van der Waals surface area contributed by atoms with Crippen LogP contribution in [0.2, 0.25) is 5.02 Å². The van der Waals surface area contributed by atoms with E-state index in [-0.39, 0.29) is 24.0 Å². The Morgan fingerprint density at radius 1 is 0.974 bits per heavy atom. The molecule has 8 heteroatoms. The van der Waals surface area contributed by atoms with Gasteiger partial charge in [-0.2, -0.15) is 0 Å². The van der Waals surface area contributed by atoms with Gasteiger partial charge in [0.15, 0.2) is 0 Å². The Bertz CT molecular complexity index is 1130. The molecule has 0 radical (unpaired) electrons. The molecule has 2 aromatic carbocycles. The Morgan fingerprint density at radius 2 is 1.63 bits per heavy atom. The molecular formula is C30H41ClN4O3. The quantitative estimate of drug-likeness (QED) is 0.534. The number of rotatable bonds is 6. The summed E-state index contributed by atoms with van der Waals surface area (Å²) in [4.78, 5) is 32.9. The van der Waals surface area contributed by atoms with E-state index in [1.807, 2.05) is 43.0 Å². The fraction of sp³-hybridized carbons (Fsp3) is 0.533. The van der Waals surface area contributed by atoms with Gasteiger partial charge in [0.25, 0.3) is 0 Å². The lowest BCUT2D eigenvalue weighted by Gasteiger charge is -2.40. The molecule has 0 saturated carbocycles. The fourth-order valence-corrected chi connectivity index (χ4v) is 5.70. The maximum absolute atomic E-state index is 14.0. The summed E-state index contributed by atoms with van der Waals surface area (Å²) in [6, 6.07) is 13.4. The Hall–Kier alpha value is -2.77. The topological polar surface area (TPSA) is 79.1 Å². The summed E-state index contributed by atoms with van der Waals surface area (Å²) >= 11 is 6.12. The Morgan fingerprint density at radius 3 is 2.24 bits per heavy atom. The van der Waals surface area contributed by atoms with Crippen LogP contribution < -0.4 is 10.6 Å². The lowest BCUT2D eigenvalue weighted by Crippen LogP contribution is -2.55. The monoisotopic (exact) mass is 540 g/mol. The number of amides is 2. The van der Waals surface area contributed by atoms with Crippen molar-refractivity contribution >= 4 is 29.3 Å². The lowest BCUT2D eigenvalue weighted by atomic mass is 9.90. The van der Waals surface area contributed by atoms with Crippen LogP contribution in [-0.4, -0.2) is 66.7 Å². The summed E-state index contributed by atoms with van der Waals surface area (Å²) in [6.45, 7) is 13.1. The van der Waals surface area contributed by atoms with E-state index in [1.165, 1.54) is 5.56 Å². The highest BCUT2D eigenvalue weighted by molar-refractivity contribution is 6.30. The number of aryl methyl sites for hydroxylation is 1. The fourth-order valence-electron chi connectivity index (χ4n) is 5.57. The number of likely N-dealkylation sites (tertiary alicyclic amines) is 1. The van der Waals surface area contributed by atoms with Gasteiger partial charge in [0.05, 0.1) is 6.10 Å². The van der Waals surface area contributed by atoms with E-state index in [9.17, 15) is 9.59 Å². The summed E-state index contributed by atoms with van der Waals surface area (Å²) < 4.78 is 5.52. The molecule has 38 heavy (non-hydrogen) atoms. The van der Waals surface area contributed by atoms with Crippen molar-refractivity contribution in [2.75, 3.05) is 37.6 Å². The number of hydrogen-bond donors (Lipinski definition) is 1. The molecule has 0 aromatic heterocycles. The second-order valence-electron chi connectivity index (χ2n) is 11.2. The molecule has 7 nitrogen and oxygen atoms in total. The minimum absolute atomic E-state index is 0.0224. The van der Waals surface area contributed by atoms with E-state index in [4.69, 9.17) is 22.1 Å². The first kappa shape index (κ1) is 28.2. The lowest BCUT2D eigenvalue weighted by molar-refractivity contribution is -0.136. The summed E-state index contributed by atoms with van der Waals surface area (Å²) in [5.74, 6) is 0.193. The number of halogens is 1. The van der Waals surface area contributed by atoms with Crippen LogP contribution in [-0.2, 0) is 9.53 Å². The van der Waals surface area contributed by atoms with Gasteiger partial charge in [-0.05, 0) is 62.4 Å². The standard InChI is InChI=1S/C30H41ClN4O3/c1-19(2)27(32)25-18-21(5)6-11-26(25)33-14-16-34(17-15-33)29(36)28-24(22-7-9-23(31)10-8-22)12-13-35(28)30(37)38-20(3)4/h6-11,18-20,24,27-28H,12-17,32H2,1-5H3/t24-,27+,28+/m1/s1. The van der Waals surface area contributed by atoms with E-state index in [0.29, 0.717) is 50.1 Å². The van der Waals surface area contributed by atoms with Gasteiger partial charge in [-0.25, -0.2) is 4.79 Å². The van der Waals surface area contributed by atoms with Crippen molar-refractivity contribution < 1.29 is 14.3 Å². The molecular weight excluding hydrogens is 500 g/mol. The smallest absolute Gasteiger partial charge is 0.410 e. The second-order valence-corrected chi connectivity index (χ2v) is 11.6. The molecule has 2 aliphatic heterocycles. The number of carbonyl (C=O) groups excluding carboxylic acids is 2. The zero-order valence-electron chi connectivity index (χ0n) is 23.2. The summed E-state index contributed by atoms with van der Waals surface area (Å²) in [6.07, 6.45) is 0.0167. The molecule has 2 saturated heterocycles. The van der Waals surface area contributed by atoms with Crippen molar-refractivity contribution in [2.45, 2.75) is 65.1 Å². The van der Waals surface area contributed by atoms with Crippen LogP contribution in [0, 0.1) is 12.8 Å². The zero-order chi connectivity index (χ0) is 27.6. The van der Waals surface area contributed by atoms with E-state index in [1.54, 1.807) is 4.90 Å². The van der Waals surface area contributed by atoms with Crippen molar-refractivity contribution in [1.29, 1.82) is 0 Å². The van der Waals surface area contributed by atoms with Crippen LogP contribution >= 0.6 is 11.6 Å². The Kier molecular flexibility index (Phi) is 8.89. The van der Waals surface area contributed by atoms with Gasteiger partial charge < -0.3 is 20.3 Å². The first-order valence-electron chi connectivity index (χ1n) is 13.7. The van der Waals surface area contributed by atoms with Gasteiger partial charge in [-0.1, -0.05) is 55.3 Å². The average Bonchev–Trinajstić information content (AvgIpc) is 3.33. The number of anilines is 1. The van der Waals surface area contributed by atoms with E-state index >= 15 is 0 Å². The molecule has 2 heterocycles. The molecule has 0 spiro atoms. The molecule has 3 atom stereocenters. The molecule has 2 amide bonds. The van der Waals surface area contributed by atoms with Crippen LogP contribution in [0.5, 0.6) is 0 Å². The van der Waals surface area contributed by atoms with Crippen molar-refractivity contribution in [2.24, 2.45) is 11.7 Å². The molecule has 4 rings (SSSR count). The molecule has 0 aliphatic carbocycles. The molecule has 0 bridgehead atoms. The minimum atomic E-state index is -0.599. The molecule has 2 aromatic rings. The van der Waals surface area contributed by atoms with Gasteiger partial charge in [0, 0.05) is 55.4 Å². The predicted molar refractivity (Wildman–Crippen MR) is 153 cm³/mol. The second kappa shape index (κ2) is 12.0. The van der Waals surface area contributed by atoms with Gasteiger partial charge in [0.2, 0.25) is 5.91 Å². The number of benzene rings is 2. The van der Waals surface area contributed by atoms with Crippen LogP contribution in [0.15, 0.2) is 42.5 Å². The number of hydrogen-bond acceptors (Lipinski definition) is 5. The minimum Gasteiger partial charge on any atom is -0.447 e. The van der Waals surface area contributed by atoms with E-state index < -0.39 is 12.1 Å². The summed E-state index contributed by atoms with van der Waals surface area (Å²) in [7, 11) is 0. The summed E-state index contributed by atoms with van der Waals surface area (Å²) in [5.41, 5.74) is 11.1.